The van der Waals surface area contributed by atoms with Gasteiger partial charge < -0.3 is 30.5 Å². The van der Waals surface area contributed by atoms with E-state index in [1.165, 1.54) is 0 Å². The second-order valence-electron chi connectivity index (χ2n) is 24.3. The van der Waals surface area contributed by atoms with E-state index in [0.29, 0.717) is 41.0 Å². The summed E-state index contributed by atoms with van der Waals surface area (Å²) in [6.07, 6.45) is 9.09. The molecule has 6 aliphatic carbocycles. The Labute approximate surface area is 392 Å². The maximum absolute atomic E-state index is 14.7. The Morgan fingerprint density at radius 1 is 0.846 bits per heavy atom. The summed E-state index contributed by atoms with van der Waals surface area (Å²) in [7, 11) is 0. The van der Waals surface area contributed by atoms with Gasteiger partial charge in [-0.2, -0.15) is 0 Å². The van der Waals surface area contributed by atoms with E-state index < -0.39 is 40.2 Å². The average molecular weight is 919 g/mol. The highest BCUT2D eigenvalue weighted by atomic mass is 35.5. The van der Waals surface area contributed by atoms with Crippen molar-refractivity contribution in [2.24, 2.45) is 62.6 Å². The van der Waals surface area contributed by atoms with Crippen LogP contribution in [0.5, 0.6) is 5.75 Å². The zero-order valence-electron chi connectivity index (χ0n) is 40.9. The maximum Gasteiger partial charge on any atom is 0.309 e. The molecule has 7 aliphatic rings. The number of ether oxygens (including phenoxy) is 2. The molecule has 358 valence electrons. The summed E-state index contributed by atoms with van der Waals surface area (Å²) < 4.78 is 12.8. The number of carboxylic acids is 1. The molecule has 0 spiro atoms. The van der Waals surface area contributed by atoms with E-state index in [2.05, 4.69) is 64.4 Å². The van der Waals surface area contributed by atoms with Gasteiger partial charge in [-0.15, -0.1) is 0 Å². The molecule has 5 saturated carbocycles. The third-order valence-electron chi connectivity index (χ3n) is 19.6. The molecule has 6 fully saturated rings. The van der Waals surface area contributed by atoms with Crippen molar-refractivity contribution >= 4 is 41.1 Å². The predicted octanol–water partition coefficient (Wildman–Crippen LogP) is 9.49. The van der Waals surface area contributed by atoms with Crippen molar-refractivity contribution < 1.29 is 38.6 Å². The van der Waals surface area contributed by atoms with Gasteiger partial charge in [-0.05, 0) is 172 Å². The molecule has 1 saturated heterocycles. The molecule has 1 aliphatic heterocycles. The molecule has 12 heteroatoms. The van der Waals surface area contributed by atoms with Crippen molar-refractivity contribution in [2.45, 2.75) is 176 Å². The van der Waals surface area contributed by atoms with Gasteiger partial charge in [0.2, 0.25) is 5.91 Å². The minimum atomic E-state index is -1.32. The van der Waals surface area contributed by atoms with Gasteiger partial charge in [-0.1, -0.05) is 73.9 Å². The lowest BCUT2D eigenvalue weighted by molar-refractivity contribution is -0.235. The number of carboxylic acid groups (broad SMARTS) is 1. The van der Waals surface area contributed by atoms with Gasteiger partial charge in [-0.3, -0.25) is 24.0 Å². The van der Waals surface area contributed by atoms with Crippen molar-refractivity contribution in [3.05, 3.63) is 39.9 Å². The zero-order valence-corrected chi connectivity index (χ0v) is 41.7. The molecule has 1 aromatic rings. The number of hydrogen-bond acceptors (Lipinski definition) is 8. The standard InChI is InChI=1S/C53H76ClN3O8/c1-29(2)41-36(58)28-53(57-46(63)49(7,8)56-43(59)32-13-12-30(54)26-37(32)64-31-18-24-55-25-19-31)23-22-51(10)33(42(41)53)14-15-39-50(9)20-17-40(48(5,6)38(50)16-21-52(39,51)11)65-45(62)35-27-34(44(60)61)47(35,3)4/h12-13,26,29,31,33-35,38-40,55H,14-25,27-28H2,1-11H3,(H,56,59)(H,57,63)(H,60,61)/t33-,34+,35-,38+,39-,40+,50+,51-,52-,53-/m1/s1. The van der Waals surface area contributed by atoms with Gasteiger partial charge in [0.1, 0.15) is 23.5 Å². The van der Waals surface area contributed by atoms with Crippen LogP contribution in [-0.2, 0) is 23.9 Å². The molecule has 0 aromatic heterocycles. The molecule has 10 atom stereocenters. The van der Waals surface area contributed by atoms with Gasteiger partial charge in [-0.25, -0.2) is 0 Å². The van der Waals surface area contributed by atoms with Crippen LogP contribution in [0.4, 0.5) is 0 Å². The largest absolute Gasteiger partial charge is 0.489 e. The molecule has 4 N–H and O–H groups in total. The first kappa shape index (κ1) is 48.0. The van der Waals surface area contributed by atoms with Crippen LogP contribution in [0.15, 0.2) is 29.3 Å². The first-order valence-corrected chi connectivity index (χ1v) is 25.1. The number of rotatable bonds is 10. The minimum absolute atomic E-state index is 0.00582. The molecule has 0 radical (unpaired) electrons. The van der Waals surface area contributed by atoms with Crippen LogP contribution in [0, 0.1) is 62.6 Å². The molecule has 1 heterocycles. The molecular weight excluding hydrogens is 842 g/mol. The third kappa shape index (κ3) is 7.58. The number of halogens is 1. The smallest absolute Gasteiger partial charge is 0.309 e. The van der Waals surface area contributed by atoms with E-state index in [4.69, 9.17) is 21.1 Å². The number of benzene rings is 1. The Hall–Kier alpha value is -3.44. The Kier molecular flexibility index (Phi) is 12.1. The van der Waals surface area contributed by atoms with Gasteiger partial charge in [0, 0.05) is 16.9 Å². The number of piperidine rings is 1. The fourth-order valence-electron chi connectivity index (χ4n) is 15.6. The van der Waals surface area contributed by atoms with E-state index in [-0.39, 0.29) is 69.8 Å². The van der Waals surface area contributed by atoms with Crippen LogP contribution in [0.2, 0.25) is 5.02 Å². The molecule has 11 nitrogen and oxygen atoms in total. The van der Waals surface area contributed by atoms with Crippen LogP contribution in [0.3, 0.4) is 0 Å². The lowest BCUT2D eigenvalue weighted by Gasteiger charge is -2.72. The van der Waals surface area contributed by atoms with Crippen LogP contribution in [0.25, 0.3) is 0 Å². The number of carbonyl (C=O) groups excluding carboxylic acids is 4. The Morgan fingerprint density at radius 3 is 2.18 bits per heavy atom. The van der Waals surface area contributed by atoms with Gasteiger partial charge >= 0.3 is 11.9 Å². The normalized spacial score (nSPS) is 37.5. The number of amides is 2. The number of hydrogen-bond donors (Lipinski definition) is 4. The topological polar surface area (TPSA) is 160 Å². The molecule has 0 unspecified atom stereocenters. The Morgan fingerprint density at radius 2 is 1.54 bits per heavy atom. The Balaban J connectivity index is 1.02. The summed E-state index contributed by atoms with van der Waals surface area (Å²) in [5.41, 5.74) is -0.910. The van der Waals surface area contributed by atoms with E-state index in [9.17, 15) is 29.1 Å². The van der Waals surface area contributed by atoms with E-state index in [1.54, 1.807) is 32.0 Å². The minimum Gasteiger partial charge on any atom is -0.489 e. The Bertz CT molecular complexity index is 2170. The lowest BCUT2D eigenvalue weighted by Crippen LogP contribution is -2.68. The van der Waals surface area contributed by atoms with Gasteiger partial charge in [0.05, 0.1) is 22.9 Å². The summed E-state index contributed by atoms with van der Waals surface area (Å²) in [6, 6.07) is 4.98. The third-order valence-corrected chi connectivity index (χ3v) is 19.8. The number of aliphatic carboxylic acids is 1. The highest BCUT2D eigenvalue weighted by Gasteiger charge is 2.71. The van der Waals surface area contributed by atoms with Crippen LogP contribution in [0.1, 0.15) is 164 Å². The van der Waals surface area contributed by atoms with E-state index in [1.807, 2.05) is 13.8 Å². The summed E-state index contributed by atoms with van der Waals surface area (Å²) in [5, 5.41) is 20.0. The SMILES string of the molecule is CC(C)C1=C2[C@H]3CC[C@@H]4[C@@]5(C)CC[C@H](OC(=O)[C@H]6C[C@@H](C(=O)O)C6(C)C)C(C)(C)[C@@H]5CC[C@@]4(C)[C@]3(C)CC[C@@]2(NC(=O)C(C)(C)NC(=O)c2ccc(Cl)cc2OC2CCNCC2)CC1=O. The molecule has 0 bridgehead atoms. The summed E-state index contributed by atoms with van der Waals surface area (Å²) in [6.45, 7) is 25.2. The molecule has 1 aromatic carbocycles. The number of ketones is 1. The van der Waals surface area contributed by atoms with Crippen LogP contribution >= 0.6 is 11.6 Å². The summed E-state index contributed by atoms with van der Waals surface area (Å²) >= 11 is 6.39. The van der Waals surface area contributed by atoms with E-state index >= 15 is 0 Å². The molecule has 2 amide bonds. The lowest BCUT2D eigenvalue weighted by atomic mass is 9.33. The van der Waals surface area contributed by atoms with Crippen LogP contribution < -0.4 is 20.7 Å². The quantitative estimate of drug-likeness (QED) is 0.168. The predicted molar refractivity (Wildman–Crippen MR) is 250 cm³/mol. The fraction of sp³-hybridized carbons (Fsp3) is 0.755. The number of Topliss-reactive ketones (excluding diaryl/α,β-unsaturated/α-hetero) is 1. The van der Waals surface area contributed by atoms with Gasteiger partial charge in [0.15, 0.2) is 5.78 Å². The molecular formula is C53H76ClN3O8. The summed E-state index contributed by atoms with van der Waals surface area (Å²) in [4.78, 5) is 68.7. The van der Waals surface area contributed by atoms with Crippen molar-refractivity contribution in [3.63, 3.8) is 0 Å². The fourth-order valence-corrected chi connectivity index (χ4v) is 15.7. The average Bonchev–Trinajstić information content (AvgIpc) is 3.50. The van der Waals surface area contributed by atoms with Crippen molar-refractivity contribution in [1.82, 2.24) is 16.0 Å². The van der Waals surface area contributed by atoms with Crippen molar-refractivity contribution in [1.29, 1.82) is 0 Å². The highest BCUT2D eigenvalue weighted by molar-refractivity contribution is 6.30. The van der Waals surface area contributed by atoms with Crippen molar-refractivity contribution in [3.8, 4) is 5.75 Å². The monoisotopic (exact) mass is 918 g/mol. The summed E-state index contributed by atoms with van der Waals surface area (Å²) in [5.74, 6) is -1.44. The van der Waals surface area contributed by atoms with Gasteiger partial charge in [0.25, 0.3) is 5.91 Å². The first-order valence-electron chi connectivity index (χ1n) is 24.8. The molecule has 8 rings (SSSR count). The first-order chi connectivity index (χ1) is 30.2. The molecule has 65 heavy (non-hydrogen) atoms. The number of nitrogens with one attached hydrogen (secondary N) is 3. The number of carbonyl (C=O) groups is 5. The number of fused-ring (bicyclic) bond motifs is 7. The maximum atomic E-state index is 14.7. The second kappa shape index (κ2) is 16.4. The second-order valence-corrected chi connectivity index (χ2v) is 24.7. The zero-order chi connectivity index (χ0) is 47.4. The van der Waals surface area contributed by atoms with Crippen LogP contribution in [-0.4, -0.2) is 71.0 Å². The number of esters is 1. The van der Waals surface area contributed by atoms with E-state index in [0.717, 1.165) is 82.0 Å². The van der Waals surface area contributed by atoms with Crippen molar-refractivity contribution in [2.75, 3.05) is 13.1 Å². The highest BCUT2D eigenvalue weighted by Crippen LogP contribution is 2.76. The number of allylic oxidation sites excluding steroid dienone is 1.